The summed E-state index contributed by atoms with van der Waals surface area (Å²) in [5.41, 5.74) is 1.51. The van der Waals surface area contributed by atoms with Crippen LogP contribution >= 0.6 is 15.9 Å². The van der Waals surface area contributed by atoms with Gasteiger partial charge in [-0.3, -0.25) is 4.99 Å². The Labute approximate surface area is 105 Å². The van der Waals surface area contributed by atoms with E-state index in [0.29, 0.717) is 6.67 Å². The van der Waals surface area contributed by atoms with Crippen molar-refractivity contribution in [2.45, 2.75) is 19.3 Å². The van der Waals surface area contributed by atoms with Gasteiger partial charge in [-0.05, 0) is 72.0 Å². The van der Waals surface area contributed by atoms with Gasteiger partial charge in [-0.25, -0.2) is 0 Å². The molecule has 2 rings (SSSR count). The Morgan fingerprint density at radius 1 is 1.31 bits per heavy atom. The quantitative estimate of drug-likeness (QED) is 0.774. The first-order chi connectivity index (χ1) is 7.86. The van der Waals surface area contributed by atoms with E-state index >= 15 is 0 Å². The van der Waals surface area contributed by atoms with Gasteiger partial charge in [0, 0.05) is 0 Å². The highest BCUT2D eigenvalue weighted by Crippen LogP contribution is 2.24. The summed E-state index contributed by atoms with van der Waals surface area (Å²) in [6.45, 7) is 2.94. The summed E-state index contributed by atoms with van der Waals surface area (Å²) in [7, 11) is 0. The Bertz CT molecular complexity index is 314. The maximum Gasteiger partial charge on any atom is 0.108 e. The predicted octanol–water partition coefficient (Wildman–Crippen LogP) is 2.17. The zero-order valence-corrected chi connectivity index (χ0v) is 11.0. The molecular formula is C12H18BrN3. The molecular weight excluding hydrogens is 266 g/mol. The molecule has 0 unspecified atom stereocenters. The molecule has 0 radical (unpaired) electrons. The van der Waals surface area contributed by atoms with Crippen molar-refractivity contribution in [3.8, 4) is 0 Å². The van der Waals surface area contributed by atoms with Crippen molar-refractivity contribution in [2.75, 3.05) is 19.8 Å². The van der Waals surface area contributed by atoms with E-state index in [2.05, 4.69) is 43.8 Å². The number of piperidine rings is 1. The van der Waals surface area contributed by atoms with Crippen molar-refractivity contribution in [1.82, 2.24) is 10.6 Å². The molecule has 0 bridgehead atoms. The monoisotopic (exact) mass is 283 g/mol. The van der Waals surface area contributed by atoms with E-state index in [0.717, 1.165) is 30.0 Å². The highest BCUT2D eigenvalue weighted by atomic mass is 79.9. The molecule has 0 aliphatic carbocycles. The second kappa shape index (κ2) is 6.21. The standard InChI is InChI=1S/C12H18BrN3/c13-12-3-1-2-11(8-15-9-16-12)10-4-6-14-7-5-10/h1,3,8,10,14-15H,2,4-7,9H2/b3-1?,11-8+,16-12?. The zero-order valence-electron chi connectivity index (χ0n) is 9.38. The van der Waals surface area contributed by atoms with E-state index in [4.69, 9.17) is 0 Å². The molecule has 2 N–H and O–H groups in total. The first kappa shape index (κ1) is 11.9. The number of hydrogen-bond acceptors (Lipinski definition) is 3. The average Bonchev–Trinajstić information content (AvgIpc) is 2.42. The van der Waals surface area contributed by atoms with Gasteiger partial charge < -0.3 is 10.6 Å². The van der Waals surface area contributed by atoms with Crippen molar-refractivity contribution >= 4 is 20.6 Å². The summed E-state index contributed by atoms with van der Waals surface area (Å²) in [5, 5.41) is 6.67. The molecule has 1 fully saturated rings. The molecule has 16 heavy (non-hydrogen) atoms. The lowest BCUT2D eigenvalue weighted by Crippen LogP contribution is -2.29. The third kappa shape index (κ3) is 3.46. The minimum Gasteiger partial charge on any atom is -0.372 e. The van der Waals surface area contributed by atoms with Crippen LogP contribution in [0.3, 0.4) is 0 Å². The van der Waals surface area contributed by atoms with Crippen molar-refractivity contribution in [3.63, 3.8) is 0 Å². The second-order valence-corrected chi connectivity index (χ2v) is 5.01. The molecule has 2 aliphatic rings. The largest absolute Gasteiger partial charge is 0.372 e. The van der Waals surface area contributed by atoms with Gasteiger partial charge in [0.2, 0.25) is 0 Å². The van der Waals surface area contributed by atoms with Crippen LogP contribution in [-0.2, 0) is 0 Å². The third-order valence-electron chi connectivity index (χ3n) is 3.08. The van der Waals surface area contributed by atoms with Crippen LogP contribution in [0.5, 0.6) is 0 Å². The van der Waals surface area contributed by atoms with Gasteiger partial charge in [0.15, 0.2) is 0 Å². The van der Waals surface area contributed by atoms with Crippen molar-refractivity contribution < 1.29 is 0 Å². The molecule has 0 amide bonds. The van der Waals surface area contributed by atoms with Crippen molar-refractivity contribution in [3.05, 3.63) is 23.9 Å². The van der Waals surface area contributed by atoms with Gasteiger partial charge in [-0.15, -0.1) is 0 Å². The zero-order chi connectivity index (χ0) is 11.2. The molecule has 2 heterocycles. The molecule has 4 heteroatoms. The second-order valence-electron chi connectivity index (χ2n) is 4.19. The number of nitrogens with one attached hydrogen (secondary N) is 2. The summed E-state index contributed by atoms with van der Waals surface area (Å²) in [4.78, 5) is 4.30. The van der Waals surface area contributed by atoms with E-state index < -0.39 is 0 Å². The minimum absolute atomic E-state index is 0.652. The van der Waals surface area contributed by atoms with Crippen LogP contribution in [0.4, 0.5) is 0 Å². The molecule has 0 atom stereocenters. The lowest BCUT2D eigenvalue weighted by molar-refractivity contribution is 0.414. The maximum atomic E-state index is 4.30. The summed E-state index contributed by atoms with van der Waals surface area (Å²) in [6, 6.07) is 0. The summed E-state index contributed by atoms with van der Waals surface area (Å²) < 4.78 is 0.917. The van der Waals surface area contributed by atoms with Crippen LogP contribution in [0, 0.1) is 5.92 Å². The number of aliphatic imine (C=N–C) groups is 1. The van der Waals surface area contributed by atoms with Crippen molar-refractivity contribution in [1.29, 1.82) is 0 Å². The normalized spacial score (nSPS) is 26.8. The SMILES string of the molecule is BrC1=NCN/C=C(/C2CCNCC2)CC=C1. The van der Waals surface area contributed by atoms with Crippen LogP contribution in [0.1, 0.15) is 19.3 Å². The molecule has 0 spiro atoms. The number of nitrogens with zero attached hydrogens (tertiary/aromatic N) is 1. The summed E-state index contributed by atoms with van der Waals surface area (Å²) in [5.74, 6) is 0.732. The average molecular weight is 284 g/mol. The Morgan fingerprint density at radius 3 is 2.94 bits per heavy atom. The van der Waals surface area contributed by atoms with E-state index in [-0.39, 0.29) is 0 Å². The Morgan fingerprint density at radius 2 is 2.12 bits per heavy atom. The molecule has 88 valence electrons. The molecule has 3 nitrogen and oxygen atoms in total. The lowest BCUT2D eigenvalue weighted by atomic mass is 9.88. The highest BCUT2D eigenvalue weighted by molar-refractivity contribution is 9.18. The predicted molar refractivity (Wildman–Crippen MR) is 71.8 cm³/mol. The van der Waals surface area contributed by atoms with Crippen LogP contribution < -0.4 is 10.6 Å². The highest BCUT2D eigenvalue weighted by Gasteiger charge is 2.16. The fourth-order valence-electron chi connectivity index (χ4n) is 2.18. The smallest absolute Gasteiger partial charge is 0.108 e. The summed E-state index contributed by atoms with van der Waals surface area (Å²) in [6.07, 6.45) is 9.93. The van der Waals surface area contributed by atoms with Crippen LogP contribution in [0.15, 0.2) is 28.9 Å². The number of hydrogen-bond donors (Lipinski definition) is 2. The van der Waals surface area contributed by atoms with E-state index in [9.17, 15) is 0 Å². The molecule has 0 aromatic carbocycles. The van der Waals surface area contributed by atoms with Gasteiger partial charge in [-0.2, -0.15) is 0 Å². The van der Waals surface area contributed by atoms with E-state index in [1.54, 1.807) is 0 Å². The Hall–Kier alpha value is -0.610. The van der Waals surface area contributed by atoms with Crippen molar-refractivity contribution in [2.24, 2.45) is 10.9 Å². The fourth-order valence-corrected chi connectivity index (χ4v) is 2.49. The van der Waals surface area contributed by atoms with Crippen LogP contribution in [0.2, 0.25) is 0 Å². The molecule has 2 aliphatic heterocycles. The van der Waals surface area contributed by atoms with Gasteiger partial charge in [-0.1, -0.05) is 6.08 Å². The first-order valence-corrected chi connectivity index (χ1v) is 6.65. The van der Waals surface area contributed by atoms with Crippen LogP contribution in [0.25, 0.3) is 0 Å². The molecule has 0 saturated carbocycles. The van der Waals surface area contributed by atoms with Gasteiger partial charge in [0.05, 0.1) is 0 Å². The Balaban J connectivity index is 2.00. The van der Waals surface area contributed by atoms with Gasteiger partial charge >= 0.3 is 0 Å². The first-order valence-electron chi connectivity index (χ1n) is 5.86. The van der Waals surface area contributed by atoms with E-state index in [1.807, 2.05) is 6.08 Å². The third-order valence-corrected chi connectivity index (χ3v) is 3.60. The number of rotatable bonds is 1. The van der Waals surface area contributed by atoms with Crippen LogP contribution in [-0.4, -0.2) is 24.4 Å². The minimum atomic E-state index is 0.652. The Kier molecular flexibility index (Phi) is 4.60. The topological polar surface area (TPSA) is 36.4 Å². The number of halogens is 1. The molecule has 1 saturated heterocycles. The van der Waals surface area contributed by atoms with Gasteiger partial charge in [0.1, 0.15) is 11.3 Å². The maximum absolute atomic E-state index is 4.30. The number of allylic oxidation sites excluding steroid dienone is 3. The fraction of sp³-hybridized carbons (Fsp3) is 0.583. The lowest BCUT2D eigenvalue weighted by Gasteiger charge is -2.24. The van der Waals surface area contributed by atoms with Gasteiger partial charge in [0.25, 0.3) is 0 Å². The van der Waals surface area contributed by atoms with E-state index in [1.165, 1.54) is 18.4 Å². The summed E-state index contributed by atoms with van der Waals surface area (Å²) >= 11 is 3.41. The molecule has 0 aromatic rings. The molecule has 0 aromatic heterocycles.